The topological polar surface area (TPSA) is 49.4 Å². The minimum atomic E-state index is -0.870. The van der Waals surface area contributed by atoms with E-state index < -0.39 is 10.9 Å². The summed E-state index contributed by atoms with van der Waals surface area (Å²) < 4.78 is 0. The Morgan fingerprint density at radius 1 is 1.31 bits per heavy atom. The normalized spacial score (nSPS) is 18.4. The number of likely N-dealkylation sites (tertiary alicyclic amines) is 1. The molecule has 2 amide bonds. The van der Waals surface area contributed by atoms with Crippen molar-refractivity contribution in [2.24, 2.45) is 0 Å². The van der Waals surface area contributed by atoms with E-state index in [1.54, 1.807) is 25.7 Å². The molecular formula is C11H19ClN2O2. The summed E-state index contributed by atoms with van der Waals surface area (Å²) in [4.78, 5) is 25.3. The van der Waals surface area contributed by atoms with Crippen LogP contribution in [0.3, 0.4) is 0 Å². The quantitative estimate of drug-likeness (QED) is 0.759. The lowest BCUT2D eigenvalue weighted by atomic mass is 10.0. The van der Waals surface area contributed by atoms with Gasteiger partial charge in [0.2, 0.25) is 11.8 Å². The molecule has 1 aliphatic rings. The number of amides is 2. The van der Waals surface area contributed by atoms with Gasteiger partial charge in [0.15, 0.2) is 0 Å². The van der Waals surface area contributed by atoms with Gasteiger partial charge in [-0.3, -0.25) is 9.59 Å². The Morgan fingerprint density at radius 2 is 1.81 bits per heavy atom. The second-order valence-electron chi connectivity index (χ2n) is 4.73. The van der Waals surface area contributed by atoms with Gasteiger partial charge in [0.25, 0.3) is 0 Å². The molecule has 0 bridgehead atoms. The van der Waals surface area contributed by atoms with E-state index in [-0.39, 0.29) is 11.8 Å². The molecule has 1 aliphatic heterocycles. The Labute approximate surface area is 101 Å². The fourth-order valence-electron chi connectivity index (χ4n) is 1.78. The fourth-order valence-corrected chi connectivity index (χ4v) is 1.83. The van der Waals surface area contributed by atoms with Gasteiger partial charge in [0.05, 0.1) is 0 Å². The molecule has 1 atom stereocenters. The van der Waals surface area contributed by atoms with Crippen LogP contribution in [-0.2, 0) is 9.59 Å². The lowest BCUT2D eigenvalue weighted by Crippen LogP contribution is -2.56. The molecule has 1 N–H and O–H groups in total. The van der Waals surface area contributed by atoms with Crippen LogP contribution in [-0.4, -0.2) is 40.7 Å². The zero-order valence-corrected chi connectivity index (χ0v) is 10.8. The SMILES string of the molecule is CC(Cl)C(=O)NC(C)(C)C(=O)N1CCCC1. The lowest BCUT2D eigenvalue weighted by Gasteiger charge is -2.30. The lowest BCUT2D eigenvalue weighted by molar-refractivity contribution is -0.139. The highest BCUT2D eigenvalue weighted by Crippen LogP contribution is 2.15. The fraction of sp³-hybridized carbons (Fsp3) is 0.818. The first kappa shape index (κ1) is 13.3. The van der Waals surface area contributed by atoms with Crippen LogP contribution in [0.15, 0.2) is 0 Å². The highest BCUT2D eigenvalue weighted by molar-refractivity contribution is 6.30. The number of hydrogen-bond acceptors (Lipinski definition) is 2. The van der Waals surface area contributed by atoms with Gasteiger partial charge < -0.3 is 10.2 Å². The highest BCUT2D eigenvalue weighted by atomic mass is 35.5. The number of alkyl halides is 1. The van der Waals surface area contributed by atoms with Gasteiger partial charge in [-0.15, -0.1) is 11.6 Å². The van der Waals surface area contributed by atoms with Crippen LogP contribution in [0.25, 0.3) is 0 Å². The number of nitrogens with zero attached hydrogens (tertiary/aromatic N) is 1. The van der Waals surface area contributed by atoms with E-state index in [9.17, 15) is 9.59 Å². The van der Waals surface area contributed by atoms with Crippen LogP contribution in [0, 0.1) is 0 Å². The molecule has 16 heavy (non-hydrogen) atoms. The van der Waals surface area contributed by atoms with E-state index in [2.05, 4.69) is 5.32 Å². The molecule has 1 saturated heterocycles. The van der Waals surface area contributed by atoms with Gasteiger partial charge in [0.1, 0.15) is 10.9 Å². The molecule has 0 aromatic rings. The van der Waals surface area contributed by atoms with Gasteiger partial charge >= 0.3 is 0 Å². The van der Waals surface area contributed by atoms with Gasteiger partial charge in [-0.1, -0.05) is 0 Å². The minimum absolute atomic E-state index is 0.0318. The molecule has 1 fully saturated rings. The standard InChI is InChI=1S/C11H19ClN2O2/c1-8(12)9(15)13-11(2,3)10(16)14-6-4-5-7-14/h8H,4-7H2,1-3H3,(H,13,15). The van der Waals surface area contributed by atoms with E-state index in [0.717, 1.165) is 25.9 Å². The summed E-state index contributed by atoms with van der Waals surface area (Å²) in [6.45, 7) is 6.59. The van der Waals surface area contributed by atoms with Crippen LogP contribution in [0.4, 0.5) is 0 Å². The van der Waals surface area contributed by atoms with Crippen molar-refractivity contribution < 1.29 is 9.59 Å². The molecule has 4 nitrogen and oxygen atoms in total. The minimum Gasteiger partial charge on any atom is -0.341 e. The number of hydrogen-bond donors (Lipinski definition) is 1. The van der Waals surface area contributed by atoms with Crippen LogP contribution in [0.2, 0.25) is 0 Å². The van der Waals surface area contributed by atoms with Crippen molar-refractivity contribution in [3.63, 3.8) is 0 Å². The summed E-state index contributed by atoms with van der Waals surface area (Å²) >= 11 is 5.66. The van der Waals surface area contributed by atoms with Crippen molar-refractivity contribution in [1.29, 1.82) is 0 Å². The van der Waals surface area contributed by atoms with E-state index in [1.165, 1.54) is 0 Å². The Kier molecular flexibility index (Phi) is 4.19. The zero-order chi connectivity index (χ0) is 12.3. The third-order valence-corrected chi connectivity index (χ3v) is 2.92. The van der Waals surface area contributed by atoms with Gasteiger partial charge in [-0.05, 0) is 33.6 Å². The number of halogens is 1. The predicted octanol–water partition coefficient (Wildman–Crippen LogP) is 1.13. The first-order valence-corrected chi connectivity index (χ1v) is 6.03. The molecule has 0 spiro atoms. The Hall–Kier alpha value is -0.770. The monoisotopic (exact) mass is 246 g/mol. The molecule has 0 aromatic heterocycles. The van der Waals surface area contributed by atoms with E-state index in [1.807, 2.05) is 0 Å². The smallest absolute Gasteiger partial charge is 0.247 e. The summed E-state index contributed by atoms with van der Waals surface area (Å²) in [7, 11) is 0. The first-order chi connectivity index (χ1) is 7.34. The molecule has 0 saturated carbocycles. The Balaban J connectivity index is 2.61. The number of rotatable bonds is 3. The maximum atomic E-state index is 12.1. The van der Waals surface area contributed by atoms with Crippen molar-refractivity contribution in [2.45, 2.75) is 44.5 Å². The Bertz CT molecular complexity index is 284. The third kappa shape index (κ3) is 3.11. The number of carbonyl (C=O) groups excluding carboxylic acids is 2. The molecule has 1 rings (SSSR count). The Morgan fingerprint density at radius 3 is 2.25 bits per heavy atom. The summed E-state index contributed by atoms with van der Waals surface area (Å²) in [5.74, 6) is -0.338. The second-order valence-corrected chi connectivity index (χ2v) is 5.38. The molecule has 1 unspecified atom stereocenters. The van der Waals surface area contributed by atoms with Crippen molar-refractivity contribution in [3.05, 3.63) is 0 Å². The van der Waals surface area contributed by atoms with Crippen molar-refractivity contribution in [3.8, 4) is 0 Å². The average molecular weight is 247 g/mol. The van der Waals surface area contributed by atoms with E-state index in [4.69, 9.17) is 11.6 Å². The molecule has 1 heterocycles. The summed E-state index contributed by atoms with van der Waals surface area (Å²) in [6.07, 6.45) is 2.09. The zero-order valence-electron chi connectivity index (χ0n) is 10.0. The summed E-state index contributed by atoms with van der Waals surface area (Å²) in [5, 5.41) is 2.05. The molecule has 0 radical (unpaired) electrons. The number of carbonyl (C=O) groups is 2. The summed E-state index contributed by atoms with van der Waals surface area (Å²) in [6, 6.07) is 0. The van der Waals surface area contributed by atoms with E-state index in [0.29, 0.717) is 0 Å². The third-order valence-electron chi connectivity index (χ3n) is 2.72. The van der Waals surface area contributed by atoms with Gasteiger partial charge in [-0.2, -0.15) is 0 Å². The maximum Gasteiger partial charge on any atom is 0.247 e. The van der Waals surface area contributed by atoms with Crippen molar-refractivity contribution >= 4 is 23.4 Å². The van der Waals surface area contributed by atoms with Crippen LogP contribution >= 0.6 is 11.6 Å². The average Bonchev–Trinajstić information content (AvgIpc) is 2.68. The predicted molar refractivity (Wildman–Crippen MR) is 63.4 cm³/mol. The van der Waals surface area contributed by atoms with E-state index >= 15 is 0 Å². The van der Waals surface area contributed by atoms with Crippen LogP contribution in [0.5, 0.6) is 0 Å². The highest BCUT2D eigenvalue weighted by Gasteiger charge is 2.35. The first-order valence-electron chi connectivity index (χ1n) is 5.60. The van der Waals surface area contributed by atoms with Crippen molar-refractivity contribution in [1.82, 2.24) is 10.2 Å². The molecular weight excluding hydrogens is 228 g/mol. The van der Waals surface area contributed by atoms with Crippen LogP contribution < -0.4 is 5.32 Å². The maximum absolute atomic E-state index is 12.1. The van der Waals surface area contributed by atoms with Gasteiger partial charge in [0, 0.05) is 13.1 Å². The second kappa shape index (κ2) is 5.04. The molecule has 0 aromatic carbocycles. The van der Waals surface area contributed by atoms with Crippen LogP contribution in [0.1, 0.15) is 33.6 Å². The largest absolute Gasteiger partial charge is 0.341 e. The number of nitrogens with one attached hydrogen (secondary N) is 1. The summed E-state index contributed by atoms with van der Waals surface area (Å²) in [5.41, 5.74) is -0.870. The van der Waals surface area contributed by atoms with Gasteiger partial charge in [-0.25, -0.2) is 0 Å². The van der Waals surface area contributed by atoms with Crippen molar-refractivity contribution in [2.75, 3.05) is 13.1 Å². The molecule has 5 heteroatoms. The molecule has 0 aliphatic carbocycles. The molecule has 92 valence electrons.